The summed E-state index contributed by atoms with van der Waals surface area (Å²) in [5.41, 5.74) is 0.257. The highest BCUT2D eigenvalue weighted by Gasteiger charge is 2.14. The second-order valence-electron chi connectivity index (χ2n) is 11.3. The van der Waals surface area contributed by atoms with Gasteiger partial charge in [-0.15, -0.1) is 0 Å². The lowest BCUT2D eigenvalue weighted by molar-refractivity contribution is -0.121. The number of hydrogen-bond acceptors (Lipinski definition) is 2. The van der Waals surface area contributed by atoms with Gasteiger partial charge in [-0.1, -0.05) is 175 Å². The zero-order valence-corrected chi connectivity index (χ0v) is 24.8. The van der Waals surface area contributed by atoms with E-state index in [0.717, 1.165) is 25.7 Å². The molecule has 0 aromatic carbocycles. The molecule has 0 aliphatic carbocycles. The number of carbonyl (C=O) groups excluding carboxylic acids is 2. The Balaban J connectivity index is 3.45. The van der Waals surface area contributed by atoms with E-state index in [1.165, 1.54) is 141 Å². The van der Waals surface area contributed by atoms with Crippen molar-refractivity contribution in [3.05, 3.63) is 12.2 Å². The molecule has 0 bridgehead atoms. The molecule has 0 fully saturated rings. The van der Waals surface area contributed by atoms with Crippen molar-refractivity contribution < 1.29 is 9.59 Å². The van der Waals surface area contributed by atoms with Crippen LogP contribution in [0.5, 0.6) is 0 Å². The van der Waals surface area contributed by atoms with E-state index in [2.05, 4.69) is 20.4 Å². The average molecular weight is 505 g/mol. The van der Waals surface area contributed by atoms with Crippen LogP contribution in [0.1, 0.15) is 194 Å². The number of unbranched alkanes of at least 4 members (excludes halogenated alkanes) is 24. The monoisotopic (exact) mass is 504 g/mol. The molecule has 0 rings (SSSR count). The zero-order chi connectivity index (χ0) is 26.5. The van der Waals surface area contributed by atoms with Crippen molar-refractivity contribution in [2.24, 2.45) is 0 Å². The molecule has 2 heteroatoms. The van der Waals surface area contributed by atoms with Gasteiger partial charge in [0.05, 0.1) is 5.57 Å². The summed E-state index contributed by atoms with van der Waals surface area (Å²) in [4.78, 5) is 24.6. The van der Waals surface area contributed by atoms with E-state index < -0.39 is 0 Å². The maximum atomic E-state index is 12.3. The second-order valence-corrected chi connectivity index (χ2v) is 11.3. The largest absolute Gasteiger partial charge is 0.294 e. The maximum absolute atomic E-state index is 12.3. The Kier molecular flexibility index (Phi) is 27.9. The summed E-state index contributed by atoms with van der Waals surface area (Å²) in [6.45, 7) is 8.36. The molecule has 0 heterocycles. The van der Waals surface area contributed by atoms with Crippen LogP contribution in [-0.4, -0.2) is 11.6 Å². The van der Waals surface area contributed by atoms with Crippen molar-refractivity contribution in [1.82, 2.24) is 0 Å². The van der Waals surface area contributed by atoms with Gasteiger partial charge in [-0.2, -0.15) is 0 Å². The van der Waals surface area contributed by atoms with Crippen molar-refractivity contribution in [1.29, 1.82) is 0 Å². The van der Waals surface area contributed by atoms with Gasteiger partial charge in [-0.25, -0.2) is 0 Å². The first-order valence-corrected chi connectivity index (χ1v) is 16.4. The van der Waals surface area contributed by atoms with E-state index in [1.54, 1.807) is 0 Å². The van der Waals surface area contributed by atoms with Crippen LogP contribution in [0.4, 0.5) is 0 Å². The molecule has 212 valence electrons. The van der Waals surface area contributed by atoms with Crippen molar-refractivity contribution in [3.8, 4) is 0 Å². The molecule has 2 nitrogen and oxygen atoms in total. The van der Waals surface area contributed by atoms with Gasteiger partial charge in [0.25, 0.3) is 0 Å². The summed E-state index contributed by atoms with van der Waals surface area (Å²) >= 11 is 0. The van der Waals surface area contributed by atoms with Gasteiger partial charge in [-0.05, 0) is 12.8 Å². The number of allylic oxidation sites excluding steroid dienone is 1. The minimum Gasteiger partial charge on any atom is -0.294 e. The molecule has 0 aliphatic heterocycles. The Morgan fingerprint density at radius 3 is 0.778 bits per heavy atom. The van der Waals surface area contributed by atoms with E-state index in [4.69, 9.17) is 0 Å². The smallest absolute Gasteiger partial charge is 0.165 e. The van der Waals surface area contributed by atoms with Gasteiger partial charge in [0.2, 0.25) is 0 Å². The molecule has 0 radical (unpaired) electrons. The quantitative estimate of drug-likeness (QED) is 0.0422. The topological polar surface area (TPSA) is 34.1 Å². The Labute approximate surface area is 226 Å². The molecule has 0 aromatic heterocycles. The lowest BCUT2D eigenvalue weighted by Gasteiger charge is -2.06. The first-order valence-electron chi connectivity index (χ1n) is 16.4. The second kappa shape index (κ2) is 28.6. The minimum absolute atomic E-state index is 0.0160. The standard InChI is InChI=1S/C34H64O2/c1-4-6-8-10-12-14-16-18-20-22-24-26-28-30-33(35)32(3)34(36)31-29-27-25-23-21-19-17-15-13-11-9-7-5-2/h3-31H2,1-2H3. The van der Waals surface area contributed by atoms with Crippen LogP contribution in [0.15, 0.2) is 12.2 Å². The van der Waals surface area contributed by atoms with E-state index in [-0.39, 0.29) is 17.1 Å². The van der Waals surface area contributed by atoms with Crippen LogP contribution in [0.3, 0.4) is 0 Å². The fraction of sp³-hybridized carbons (Fsp3) is 0.882. The summed E-state index contributed by atoms with van der Waals surface area (Å²) in [7, 11) is 0. The highest BCUT2D eigenvalue weighted by Crippen LogP contribution is 2.16. The highest BCUT2D eigenvalue weighted by molar-refractivity contribution is 6.19. The van der Waals surface area contributed by atoms with E-state index in [0.29, 0.717) is 12.8 Å². The zero-order valence-electron chi connectivity index (χ0n) is 24.8. The molecule has 0 saturated carbocycles. The lowest BCUT2D eigenvalue weighted by atomic mass is 9.98. The normalized spacial score (nSPS) is 11.2. The first-order chi connectivity index (χ1) is 17.6. The molecule has 0 aromatic rings. The van der Waals surface area contributed by atoms with Gasteiger partial charge < -0.3 is 0 Å². The van der Waals surface area contributed by atoms with Crippen molar-refractivity contribution in [3.63, 3.8) is 0 Å². The number of Topliss-reactive ketones (excluding diaryl/α,β-unsaturated/α-hetero) is 2. The molecular formula is C34H64O2. The molecule has 0 amide bonds. The third-order valence-corrected chi connectivity index (χ3v) is 7.69. The number of carbonyl (C=O) groups is 2. The summed E-state index contributed by atoms with van der Waals surface area (Å²) in [5, 5.41) is 0. The summed E-state index contributed by atoms with van der Waals surface area (Å²) in [6.07, 6.45) is 34.8. The summed E-state index contributed by atoms with van der Waals surface area (Å²) in [6, 6.07) is 0. The Hall–Kier alpha value is -0.920. The Morgan fingerprint density at radius 1 is 0.361 bits per heavy atom. The maximum Gasteiger partial charge on any atom is 0.165 e. The first kappa shape index (κ1) is 35.1. The Bertz CT molecular complexity index is 463. The lowest BCUT2D eigenvalue weighted by Crippen LogP contribution is -2.11. The van der Waals surface area contributed by atoms with Gasteiger partial charge in [0.1, 0.15) is 0 Å². The molecular weight excluding hydrogens is 440 g/mol. The average Bonchev–Trinajstić information content (AvgIpc) is 2.88. The molecule has 0 atom stereocenters. The summed E-state index contributed by atoms with van der Waals surface area (Å²) in [5.74, 6) is -0.0319. The van der Waals surface area contributed by atoms with Crippen molar-refractivity contribution in [2.75, 3.05) is 0 Å². The fourth-order valence-electron chi connectivity index (χ4n) is 5.06. The van der Waals surface area contributed by atoms with Crippen LogP contribution in [0.2, 0.25) is 0 Å². The third kappa shape index (κ3) is 24.8. The molecule has 0 aliphatic rings. The minimum atomic E-state index is -0.0160. The van der Waals surface area contributed by atoms with Crippen molar-refractivity contribution in [2.45, 2.75) is 194 Å². The van der Waals surface area contributed by atoms with Gasteiger partial charge in [0.15, 0.2) is 11.6 Å². The number of rotatable bonds is 30. The predicted molar refractivity (Wildman–Crippen MR) is 160 cm³/mol. The van der Waals surface area contributed by atoms with Gasteiger partial charge in [-0.3, -0.25) is 9.59 Å². The predicted octanol–water partition coefficient (Wildman–Crippen LogP) is 11.6. The van der Waals surface area contributed by atoms with Gasteiger partial charge >= 0.3 is 0 Å². The van der Waals surface area contributed by atoms with Crippen LogP contribution >= 0.6 is 0 Å². The van der Waals surface area contributed by atoms with Gasteiger partial charge in [0, 0.05) is 12.8 Å². The molecule has 36 heavy (non-hydrogen) atoms. The Morgan fingerprint density at radius 2 is 0.556 bits per heavy atom. The van der Waals surface area contributed by atoms with Crippen molar-refractivity contribution >= 4 is 11.6 Å². The number of ketones is 2. The molecule has 0 spiro atoms. The van der Waals surface area contributed by atoms with Crippen LogP contribution in [-0.2, 0) is 9.59 Å². The van der Waals surface area contributed by atoms with E-state index >= 15 is 0 Å². The highest BCUT2D eigenvalue weighted by atomic mass is 16.1. The van der Waals surface area contributed by atoms with E-state index in [1.807, 2.05) is 0 Å². The van der Waals surface area contributed by atoms with Crippen LogP contribution < -0.4 is 0 Å². The number of hydrogen-bond donors (Lipinski definition) is 0. The molecule has 0 N–H and O–H groups in total. The summed E-state index contributed by atoms with van der Waals surface area (Å²) < 4.78 is 0. The van der Waals surface area contributed by atoms with Crippen LogP contribution in [0.25, 0.3) is 0 Å². The molecule has 0 unspecified atom stereocenters. The van der Waals surface area contributed by atoms with Crippen LogP contribution in [0, 0.1) is 0 Å². The SMILES string of the molecule is C=C(C(=O)CCCCCCCCCCCCCCC)C(=O)CCCCCCCCCCCCCCC. The third-order valence-electron chi connectivity index (χ3n) is 7.69. The van der Waals surface area contributed by atoms with E-state index in [9.17, 15) is 9.59 Å². The fourth-order valence-corrected chi connectivity index (χ4v) is 5.06. The molecule has 0 saturated heterocycles.